The molecule has 1 spiro atoms. The molecule has 2 heterocycles. The number of carbonyl (C=O) groups excluding carboxylic acids is 2. The van der Waals surface area contributed by atoms with Gasteiger partial charge in [0.25, 0.3) is 0 Å². The molecule has 3 amide bonds. The Hall–Kier alpha value is -2.34. The number of rotatable bonds is 4. The second-order valence-corrected chi connectivity index (χ2v) is 7.93. The molecule has 2 saturated heterocycles. The lowest BCUT2D eigenvalue weighted by molar-refractivity contribution is -0.130. The molecule has 0 radical (unpaired) electrons. The van der Waals surface area contributed by atoms with Crippen LogP contribution < -0.4 is 5.32 Å². The fourth-order valence-corrected chi connectivity index (χ4v) is 4.29. The number of urea groups is 1. The summed E-state index contributed by atoms with van der Waals surface area (Å²) in [4.78, 5) is 31.5. The van der Waals surface area contributed by atoms with E-state index in [1.54, 1.807) is 6.08 Å². The fraction of sp³-hybridized carbons (Fsp3) is 0.545. The van der Waals surface area contributed by atoms with Crippen molar-refractivity contribution in [1.82, 2.24) is 14.7 Å². The molecule has 0 aromatic heterocycles. The summed E-state index contributed by atoms with van der Waals surface area (Å²) in [5.74, 6) is 0.183. The highest BCUT2D eigenvalue weighted by Crippen LogP contribution is 2.32. The lowest BCUT2D eigenvalue weighted by atomic mass is 9.86. The van der Waals surface area contributed by atoms with Crippen LogP contribution in [0.5, 0.6) is 0 Å². The smallest absolute Gasteiger partial charge is 0.321 e. The zero-order chi connectivity index (χ0) is 20.1. The van der Waals surface area contributed by atoms with Gasteiger partial charge in [-0.05, 0) is 44.0 Å². The number of carbonyl (C=O) groups is 2. The van der Waals surface area contributed by atoms with Crippen molar-refractivity contribution < 1.29 is 9.59 Å². The maximum Gasteiger partial charge on any atom is 0.321 e. The van der Waals surface area contributed by atoms with Crippen LogP contribution in [0.25, 0.3) is 0 Å². The van der Waals surface area contributed by atoms with Crippen molar-refractivity contribution in [2.24, 2.45) is 0 Å². The number of likely N-dealkylation sites (N-methyl/N-ethyl adjacent to an activating group) is 1. The number of hydrogen-bond donors (Lipinski definition) is 1. The van der Waals surface area contributed by atoms with E-state index in [1.165, 1.54) is 5.56 Å². The van der Waals surface area contributed by atoms with Crippen molar-refractivity contribution in [3.05, 3.63) is 42.5 Å². The number of nitrogens with one attached hydrogen (secondary N) is 1. The molecule has 2 aliphatic rings. The molecule has 1 atom stereocenters. The second kappa shape index (κ2) is 8.78. The van der Waals surface area contributed by atoms with Crippen LogP contribution in [0, 0.1) is 0 Å². The third kappa shape index (κ3) is 4.38. The minimum Gasteiger partial charge on any atom is -0.339 e. The van der Waals surface area contributed by atoms with Gasteiger partial charge in [-0.25, -0.2) is 4.79 Å². The molecule has 1 N–H and O–H groups in total. The minimum absolute atomic E-state index is 0.0563. The van der Waals surface area contributed by atoms with Crippen molar-refractivity contribution in [1.29, 1.82) is 0 Å². The SMILES string of the molecule is C=CCN1CC[C@]2(CCC1=O)CN(C(=O)Nc1cccc(CC)c1)CCN2C. The van der Waals surface area contributed by atoms with Gasteiger partial charge >= 0.3 is 6.03 Å². The van der Waals surface area contributed by atoms with E-state index in [0.29, 0.717) is 32.6 Å². The summed E-state index contributed by atoms with van der Waals surface area (Å²) in [6, 6.07) is 7.95. The number of likely N-dealkylation sites (tertiary alicyclic amines) is 1. The Kier molecular flexibility index (Phi) is 6.39. The number of amides is 3. The normalized spacial score (nSPS) is 23.6. The molecule has 6 heteroatoms. The van der Waals surface area contributed by atoms with Crippen LogP contribution in [-0.4, -0.2) is 71.9 Å². The van der Waals surface area contributed by atoms with E-state index in [4.69, 9.17) is 0 Å². The van der Waals surface area contributed by atoms with E-state index < -0.39 is 0 Å². The van der Waals surface area contributed by atoms with Crippen LogP contribution in [0.15, 0.2) is 36.9 Å². The predicted molar refractivity (Wildman–Crippen MR) is 112 cm³/mol. The van der Waals surface area contributed by atoms with Crippen LogP contribution >= 0.6 is 0 Å². The highest BCUT2D eigenvalue weighted by Gasteiger charge is 2.43. The Balaban J connectivity index is 1.70. The summed E-state index contributed by atoms with van der Waals surface area (Å²) >= 11 is 0. The third-order valence-corrected chi connectivity index (χ3v) is 6.23. The van der Waals surface area contributed by atoms with Crippen molar-refractivity contribution >= 4 is 17.6 Å². The first-order valence-electron chi connectivity index (χ1n) is 10.2. The summed E-state index contributed by atoms with van der Waals surface area (Å²) in [6.07, 6.45) is 4.90. The molecule has 0 bridgehead atoms. The van der Waals surface area contributed by atoms with Gasteiger partial charge < -0.3 is 15.1 Å². The highest BCUT2D eigenvalue weighted by atomic mass is 16.2. The van der Waals surface area contributed by atoms with Crippen molar-refractivity contribution in [3.63, 3.8) is 0 Å². The molecule has 0 aliphatic carbocycles. The van der Waals surface area contributed by atoms with Gasteiger partial charge in [-0.2, -0.15) is 0 Å². The summed E-state index contributed by atoms with van der Waals surface area (Å²) in [5.41, 5.74) is 1.90. The summed E-state index contributed by atoms with van der Waals surface area (Å²) in [7, 11) is 2.12. The van der Waals surface area contributed by atoms with Crippen molar-refractivity contribution in [2.75, 3.05) is 45.1 Å². The van der Waals surface area contributed by atoms with E-state index in [1.807, 2.05) is 28.0 Å². The third-order valence-electron chi connectivity index (χ3n) is 6.23. The van der Waals surface area contributed by atoms with E-state index in [0.717, 1.165) is 31.5 Å². The molecular weight excluding hydrogens is 352 g/mol. The van der Waals surface area contributed by atoms with Crippen LogP contribution in [0.2, 0.25) is 0 Å². The molecule has 6 nitrogen and oxygen atoms in total. The van der Waals surface area contributed by atoms with Gasteiger partial charge in [0.15, 0.2) is 0 Å². The Bertz CT molecular complexity index is 735. The van der Waals surface area contributed by atoms with E-state index in [2.05, 4.69) is 36.8 Å². The first-order chi connectivity index (χ1) is 13.5. The summed E-state index contributed by atoms with van der Waals surface area (Å²) in [6.45, 7) is 9.34. The average molecular weight is 385 g/mol. The number of benzene rings is 1. The number of nitrogens with zero attached hydrogens (tertiary/aromatic N) is 3. The van der Waals surface area contributed by atoms with Crippen LogP contribution in [0.4, 0.5) is 10.5 Å². The quantitative estimate of drug-likeness (QED) is 0.812. The molecule has 1 aromatic rings. The fourth-order valence-electron chi connectivity index (χ4n) is 4.29. The topological polar surface area (TPSA) is 55.9 Å². The van der Waals surface area contributed by atoms with Crippen molar-refractivity contribution in [3.8, 4) is 0 Å². The molecule has 0 saturated carbocycles. The first-order valence-corrected chi connectivity index (χ1v) is 10.2. The molecule has 3 rings (SSSR count). The molecule has 0 unspecified atom stereocenters. The Morgan fingerprint density at radius 1 is 1.29 bits per heavy atom. The van der Waals surface area contributed by atoms with Gasteiger partial charge in [0.05, 0.1) is 0 Å². The molecular formula is C22H32N4O2. The number of hydrogen-bond acceptors (Lipinski definition) is 3. The van der Waals surface area contributed by atoms with Gasteiger partial charge in [-0.3, -0.25) is 9.69 Å². The zero-order valence-corrected chi connectivity index (χ0v) is 17.1. The second-order valence-electron chi connectivity index (χ2n) is 7.93. The predicted octanol–water partition coefficient (Wildman–Crippen LogP) is 2.97. The summed E-state index contributed by atoms with van der Waals surface area (Å²) < 4.78 is 0. The van der Waals surface area contributed by atoms with Gasteiger partial charge in [0, 0.05) is 50.4 Å². The monoisotopic (exact) mass is 384 g/mol. The maximum atomic E-state index is 12.9. The van der Waals surface area contributed by atoms with E-state index in [-0.39, 0.29) is 17.5 Å². The zero-order valence-electron chi connectivity index (χ0n) is 17.1. The Morgan fingerprint density at radius 2 is 2.11 bits per heavy atom. The number of anilines is 1. The minimum atomic E-state index is -0.146. The van der Waals surface area contributed by atoms with Gasteiger partial charge in [0.1, 0.15) is 0 Å². The van der Waals surface area contributed by atoms with Gasteiger partial charge in [-0.15, -0.1) is 6.58 Å². The largest absolute Gasteiger partial charge is 0.339 e. The molecule has 2 fully saturated rings. The maximum absolute atomic E-state index is 12.9. The average Bonchev–Trinajstić information content (AvgIpc) is 2.85. The lowest BCUT2D eigenvalue weighted by Crippen LogP contribution is -2.62. The standard InChI is InChI=1S/C22H32N4O2/c1-4-12-25-13-11-22(10-9-20(25)27)17-26(15-14-24(22)3)21(28)23-19-8-6-7-18(5-2)16-19/h4,6-8,16H,1,5,9-15,17H2,2-3H3,(H,23,28)/t22-/m1/s1. The van der Waals surface area contributed by atoms with Crippen LogP contribution in [-0.2, 0) is 11.2 Å². The van der Waals surface area contributed by atoms with Gasteiger partial charge in [-0.1, -0.05) is 25.1 Å². The van der Waals surface area contributed by atoms with E-state index in [9.17, 15) is 9.59 Å². The molecule has 1 aromatic carbocycles. The van der Waals surface area contributed by atoms with Crippen LogP contribution in [0.3, 0.4) is 0 Å². The number of aryl methyl sites for hydroxylation is 1. The number of piperazine rings is 1. The summed E-state index contributed by atoms with van der Waals surface area (Å²) in [5, 5.41) is 3.05. The van der Waals surface area contributed by atoms with Gasteiger partial charge in [0.2, 0.25) is 5.91 Å². The lowest BCUT2D eigenvalue weighted by Gasteiger charge is -2.49. The molecule has 152 valence electrons. The van der Waals surface area contributed by atoms with Crippen LogP contribution in [0.1, 0.15) is 31.7 Å². The Morgan fingerprint density at radius 3 is 2.86 bits per heavy atom. The Labute approximate surface area is 168 Å². The van der Waals surface area contributed by atoms with E-state index >= 15 is 0 Å². The van der Waals surface area contributed by atoms with Crippen molar-refractivity contribution in [2.45, 2.75) is 38.1 Å². The highest BCUT2D eigenvalue weighted by molar-refractivity contribution is 5.89. The molecule has 2 aliphatic heterocycles. The first kappa shape index (κ1) is 20.4. The molecule has 28 heavy (non-hydrogen) atoms.